The van der Waals surface area contributed by atoms with Gasteiger partial charge in [0.2, 0.25) is 5.79 Å². The van der Waals surface area contributed by atoms with Crippen LogP contribution < -0.4 is 0 Å². The fourth-order valence-corrected chi connectivity index (χ4v) is 5.94. The molecule has 1 N–H and O–H groups in total. The van der Waals surface area contributed by atoms with Crippen molar-refractivity contribution < 1.29 is 28.8 Å². The fraction of sp³-hybridized carbons (Fsp3) is 0.714. The van der Waals surface area contributed by atoms with E-state index >= 15 is 0 Å². The van der Waals surface area contributed by atoms with Crippen molar-refractivity contribution >= 4 is 0 Å². The molecule has 4 atom stereocenters. The van der Waals surface area contributed by atoms with Gasteiger partial charge in [-0.15, -0.1) is 0 Å². The zero-order chi connectivity index (χ0) is 19.4. The molecule has 3 heterocycles. The van der Waals surface area contributed by atoms with Crippen LogP contribution in [0.3, 0.4) is 0 Å². The third-order valence-corrected chi connectivity index (χ3v) is 7.26. The number of likely N-dealkylation sites (tertiary alicyclic amines) is 1. The number of ether oxygens (including phenoxy) is 5. The third kappa shape index (κ3) is 2.47. The van der Waals surface area contributed by atoms with Crippen LogP contribution in [0.25, 0.3) is 0 Å². The van der Waals surface area contributed by atoms with Crippen molar-refractivity contribution in [2.24, 2.45) is 5.41 Å². The lowest BCUT2D eigenvalue weighted by molar-refractivity contribution is -0.323. The summed E-state index contributed by atoms with van der Waals surface area (Å²) in [7, 11) is 3.69. The van der Waals surface area contributed by atoms with Gasteiger partial charge in [-0.3, -0.25) is 0 Å². The van der Waals surface area contributed by atoms with Crippen molar-refractivity contribution in [2.45, 2.75) is 49.2 Å². The second-order valence-electron chi connectivity index (χ2n) is 8.56. The van der Waals surface area contributed by atoms with Crippen molar-refractivity contribution in [1.82, 2.24) is 4.90 Å². The molecule has 0 aromatic heterocycles. The summed E-state index contributed by atoms with van der Waals surface area (Å²) in [5, 5.41) is 12.0. The van der Waals surface area contributed by atoms with E-state index < -0.39 is 22.9 Å². The minimum Gasteiger partial charge on any atom is -0.487 e. The molecule has 2 aliphatic carbocycles. The van der Waals surface area contributed by atoms with E-state index in [1.807, 2.05) is 6.08 Å². The predicted molar refractivity (Wildman–Crippen MR) is 100 cm³/mol. The first-order chi connectivity index (χ1) is 13.5. The number of rotatable bonds is 3. The monoisotopic (exact) mass is 391 g/mol. The van der Waals surface area contributed by atoms with Gasteiger partial charge in [0.05, 0.1) is 24.2 Å². The molecular weight excluding hydrogens is 362 g/mol. The molecule has 0 aromatic carbocycles. The topological polar surface area (TPSA) is 69.6 Å². The Morgan fingerprint density at radius 2 is 2.04 bits per heavy atom. The van der Waals surface area contributed by atoms with E-state index in [2.05, 4.69) is 24.1 Å². The summed E-state index contributed by atoms with van der Waals surface area (Å²) < 4.78 is 29.4. The summed E-state index contributed by atoms with van der Waals surface area (Å²) in [5.41, 5.74) is -0.273. The average molecular weight is 391 g/mol. The van der Waals surface area contributed by atoms with Crippen LogP contribution in [0.1, 0.15) is 25.7 Å². The molecule has 2 spiro atoms. The number of nitrogens with zero attached hydrogens (tertiary/aromatic N) is 1. The number of fused-ring (bicyclic) bond motifs is 1. The molecule has 0 amide bonds. The van der Waals surface area contributed by atoms with E-state index in [1.165, 1.54) is 5.57 Å². The second-order valence-corrected chi connectivity index (χ2v) is 8.56. The van der Waals surface area contributed by atoms with Gasteiger partial charge >= 0.3 is 0 Å². The highest BCUT2D eigenvalue weighted by Crippen LogP contribution is 2.62. The van der Waals surface area contributed by atoms with Crippen molar-refractivity contribution in [1.29, 1.82) is 0 Å². The lowest BCUT2D eigenvalue weighted by atomic mass is 9.50. The molecule has 0 aromatic rings. The highest BCUT2D eigenvalue weighted by atomic mass is 16.8. The lowest BCUT2D eigenvalue weighted by Crippen LogP contribution is -2.76. The Morgan fingerprint density at radius 1 is 1.21 bits per heavy atom. The van der Waals surface area contributed by atoms with Crippen molar-refractivity contribution in [3.63, 3.8) is 0 Å². The highest BCUT2D eigenvalue weighted by Gasteiger charge is 2.72. The van der Waals surface area contributed by atoms with E-state index in [9.17, 15) is 5.11 Å². The van der Waals surface area contributed by atoms with E-state index in [0.717, 1.165) is 19.4 Å². The summed E-state index contributed by atoms with van der Waals surface area (Å²) in [5.74, 6) is -0.254. The van der Waals surface area contributed by atoms with Crippen molar-refractivity contribution in [3.05, 3.63) is 35.8 Å². The summed E-state index contributed by atoms with van der Waals surface area (Å²) in [6, 6.07) is 0.0391. The molecule has 28 heavy (non-hydrogen) atoms. The number of hydrogen-bond donors (Lipinski definition) is 1. The quantitative estimate of drug-likeness (QED) is 0.734. The van der Waals surface area contributed by atoms with E-state index in [0.29, 0.717) is 31.8 Å². The number of allylic oxidation sites excluding steroid dienone is 2. The first-order valence-electron chi connectivity index (χ1n) is 10.1. The average Bonchev–Trinajstić information content (AvgIpc) is 3.17. The molecule has 2 saturated heterocycles. The summed E-state index contributed by atoms with van der Waals surface area (Å²) in [6.45, 7) is 2.13. The standard InChI is InChI=1S/C21H29NO6/c1-22-8-7-19-12-15-3-4-16(26-14-24-2)13-25-18(19)21(27-9-10-28-21)6-5-20(19,23)17(22)11-15/h3-4,12-13,17-18,23H,5-11,14H2,1-2H3. The zero-order valence-electron chi connectivity index (χ0n) is 16.6. The first-order valence-corrected chi connectivity index (χ1v) is 10.1. The van der Waals surface area contributed by atoms with Crippen molar-refractivity contribution in [2.75, 3.05) is 40.7 Å². The highest BCUT2D eigenvalue weighted by molar-refractivity contribution is 5.39. The van der Waals surface area contributed by atoms with Gasteiger partial charge in [-0.25, -0.2) is 0 Å². The van der Waals surface area contributed by atoms with Crippen LogP contribution in [-0.2, 0) is 23.7 Å². The molecule has 3 fully saturated rings. The smallest absolute Gasteiger partial charge is 0.207 e. The lowest BCUT2D eigenvalue weighted by Gasteiger charge is -2.65. The van der Waals surface area contributed by atoms with E-state index in [-0.39, 0.29) is 12.8 Å². The second kappa shape index (κ2) is 6.57. The van der Waals surface area contributed by atoms with E-state index in [1.54, 1.807) is 13.4 Å². The van der Waals surface area contributed by atoms with Gasteiger partial charge in [0.25, 0.3) is 0 Å². The summed E-state index contributed by atoms with van der Waals surface area (Å²) in [4.78, 5) is 2.29. The van der Waals surface area contributed by atoms with Gasteiger partial charge < -0.3 is 33.7 Å². The van der Waals surface area contributed by atoms with Crippen LogP contribution in [0.15, 0.2) is 35.8 Å². The Morgan fingerprint density at radius 3 is 2.82 bits per heavy atom. The molecule has 5 aliphatic rings. The summed E-state index contributed by atoms with van der Waals surface area (Å²) in [6.07, 6.45) is 10.2. The maximum atomic E-state index is 12.0. The minimum absolute atomic E-state index is 0.0391. The Hall–Kier alpha value is -1.38. The third-order valence-electron chi connectivity index (χ3n) is 7.26. The van der Waals surface area contributed by atoms with Gasteiger partial charge in [-0.1, -0.05) is 12.2 Å². The van der Waals surface area contributed by atoms with Crippen LogP contribution >= 0.6 is 0 Å². The molecule has 5 rings (SSSR count). The normalized spacial score (nSPS) is 41.4. The van der Waals surface area contributed by atoms with Crippen LogP contribution in [-0.4, -0.2) is 74.2 Å². The maximum absolute atomic E-state index is 12.0. The van der Waals surface area contributed by atoms with Gasteiger partial charge in [0, 0.05) is 19.6 Å². The summed E-state index contributed by atoms with van der Waals surface area (Å²) >= 11 is 0. The Bertz CT molecular complexity index is 726. The molecule has 0 radical (unpaired) electrons. The van der Waals surface area contributed by atoms with Crippen LogP contribution in [0, 0.1) is 5.41 Å². The number of likely N-dealkylation sites (N-methyl/N-ethyl adjacent to an activating group) is 1. The van der Waals surface area contributed by atoms with Crippen LogP contribution in [0.4, 0.5) is 0 Å². The molecule has 3 aliphatic heterocycles. The number of aliphatic hydroxyl groups is 1. The number of methoxy groups -OCH3 is 1. The molecule has 1 saturated carbocycles. The van der Waals surface area contributed by atoms with Gasteiger partial charge in [-0.2, -0.15) is 0 Å². The molecule has 4 unspecified atom stereocenters. The fourth-order valence-electron chi connectivity index (χ4n) is 5.94. The molecule has 154 valence electrons. The van der Waals surface area contributed by atoms with E-state index in [4.69, 9.17) is 23.7 Å². The SMILES string of the molecule is COCOC1=COC2C3(CCC4(O)C5CC(=CC24CCN5C)C=C1)OCCO3. The Balaban J connectivity index is 1.64. The number of hydrogen-bond acceptors (Lipinski definition) is 7. The predicted octanol–water partition coefficient (Wildman–Crippen LogP) is 1.69. The Labute approximate surface area is 165 Å². The largest absolute Gasteiger partial charge is 0.487 e. The zero-order valence-corrected chi connectivity index (χ0v) is 16.6. The van der Waals surface area contributed by atoms with Gasteiger partial charge in [0.1, 0.15) is 6.26 Å². The molecule has 3 bridgehead atoms. The van der Waals surface area contributed by atoms with Crippen LogP contribution in [0.2, 0.25) is 0 Å². The van der Waals surface area contributed by atoms with Gasteiger partial charge in [-0.05, 0) is 44.5 Å². The minimum atomic E-state index is -0.881. The number of piperidine rings is 1. The molecule has 7 heteroatoms. The molecular formula is C21H29NO6. The van der Waals surface area contributed by atoms with Crippen LogP contribution in [0.5, 0.6) is 0 Å². The first kappa shape index (κ1) is 18.6. The maximum Gasteiger partial charge on any atom is 0.207 e. The molecule has 7 nitrogen and oxygen atoms in total. The van der Waals surface area contributed by atoms with Gasteiger partial charge in [0.15, 0.2) is 18.7 Å². The van der Waals surface area contributed by atoms with Crippen molar-refractivity contribution in [3.8, 4) is 0 Å². The Kier molecular flexibility index (Phi) is 4.37.